The average Bonchev–Trinajstić information content (AvgIpc) is 3.16. The number of ether oxygens (including phenoxy) is 1. The van der Waals surface area contributed by atoms with Crippen molar-refractivity contribution in [1.82, 2.24) is 5.32 Å². The molecule has 0 saturated heterocycles. The molecule has 0 radical (unpaired) electrons. The minimum Gasteiger partial charge on any atom is -0.493 e. The molecule has 0 atom stereocenters. The molecule has 1 aromatic heterocycles. The fraction of sp³-hybridized carbons (Fsp3) is 0.467. The van der Waals surface area contributed by atoms with Crippen molar-refractivity contribution in [1.29, 1.82) is 0 Å². The summed E-state index contributed by atoms with van der Waals surface area (Å²) >= 11 is 0. The third kappa shape index (κ3) is 1.89. The van der Waals surface area contributed by atoms with Gasteiger partial charge in [-0.15, -0.1) is 0 Å². The number of hydrogen-bond acceptors (Lipinski definition) is 3. The van der Waals surface area contributed by atoms with Crippen LogP contribution in [0.15, 0.2) is 22.6 Å². The zero-order chi connectivity index (χ0) is 12.5. The van der Waals surface area contributed by atoms with Gasteiger partial charge < -0.3 is 14.5 Å². The van der Waals surface area contributed by atoms with Crippen molar-refractivity contribution < 1.29 is 9.15 Å². The van der Waals surface area contributed by atoms with E-state index in [1.807, 2.05) is 12.1 Å². The molecule has 96 valence electrons. The van der Waals surface area contributed by atoms with Gasteiger partial charge in [0.25, 0.3) is 0 Å². The summed E-state index contributed by atoms with van der Waals surface area (Å²) in [6.45, 7) is 3.87. The van der Waals surface area contributed by atoms with E-state index in [0.29, 0.717) is 5.92 Å². The molecule has 2 aromatic rings. The Morgan fingerprint density at radius 2 is 2.22 bits per heavy atom. The predicted octanol–water partition coefficient (Wildman–Crippen LogP) is 3.43. The maximum Gasteiger partial charge on any atom is 0.176 e. The predicted molar refractivity (Wildman–Crippen MR) is 72.1 cm³/mol. The van der Waals surface area contributed by atoms with E-state index in [0.717, 1.165) is 30.2 Å². The summed E-state index contributed by atoms with van der Waals surface area (Å²) in [6, 6.07) is 6.14. The molecule has 0 unspecified atom stereocenters. The molecule has 1 aliphatic rings. The van der Waals surface area contributed by atoms with Gasteiger partial charge in [0.2, 0.25) is 0 Å². The molecule has 3 rings (SSSR count). The monoisotopic (exact) mass is 245 g/mol. The van der Waals surface area contributed by atoms with E-state index in [2.05, 4.69) is 18.3 Å². The van der Waals surface area contributed by atoms with Crippen LogP contribution < -0.4 is 10.1 Å². The molecule has 1 N–H and O–H groups in total. The van der Waals surface area contributed by atoms with Crippen molar-refractivity contribution >= 4 is 11.0 Å². The maximum atomic E-state index is 6.04. The quantitative estimate of drug-likeness (QED) is 0.876. The molecule has 3 heteroatoms. The second-order valence-electron chi connectivity index (χ2n) is 4.83. The van der Waals surface area contributed by atoms with Gasteiger partial charge in [-0.2, -0.15) is 0 Å². The van der Waals surface area contributed by atoms with Gasteiger partial charge in [-0.3, -0.25) is 0 Å². The van der Waals surface area contributed by atoms with Gasteiger partial charge in [-0.05, 0) is 31.4 Å². The second-order valence-corrected chi connectivity index (χ2v) is 4.83. The first-order chi connectivity index (χ1) is 8.85. The second kappa shape index (κ2) is 4.65. The van der Waals surface area contributed by atoms with Gasteiger partial charge in [0, 0.05) is 10.9 Å². The summed E-state index contributed by atoms with van der Waals surface area (Å²) in [4.78, 5) is 0. The van der Waals surface area contributed by atoms with Gasteiger partial charge in [-0.25, -0.2) is 0 Å². The molecular formula is C15H19NO2. The molecule has 0 bridgehead atoms. The molecule has 1 aromatic carbocycles. The smallest absolute Gasteiger partial charge is 0.176 e. The van der Waals surface area contributed by atoms with Crippen LogP contribution in [0.3, 0.4) is 0 Å². The number of rotatable bonds is 5. The van der Waals surface area contributed by atoms with E-state index >= 15 is 0 Å². The molecular weight excluding hydrogens is 226 g/mol. The minimum absolute atomic E-state index is 0.687. The first kappa shape index (κ1) is 11.6. The molecule has 0 spiro atoms. The third-order valence-electron chi connectivity index (χ3n) is 3.54. The van der Waals surface area contributed by atoms with Gasteiger partial charge in [0.05, 0.1) is 13.7 Å². The summed E-state index contributed by atoms with van der Waals surface area (Å²) in [6.07, 6.45) is 2.57. The van der Waals surface area contributed by atoms with Gasteiger partial charge in [-0.1, -0.05) is 19.1 Å². The molecule has 18 heavy (non-hydrogen) atoms. The molecule has 3 nitrogen and oxygen atoms in total. The minimum atomic E-state index is 0.687. The van der Waals surface area contributed by atoms with Crippen LogP contribution in [0.25, 0.3) is 11.0 Å². The number of methoxy groups -OCH3 is 1. The van der Waals surface area contributed by atoms with Crippen LogP contribution in [-0.2, 0) is 6.54 Å². The van der Waals surface area contributed by atoms with E-state index in [9.17, 15) is 0 Å². The number of benzene rings is 1. The van der Waals surface area contributed by atoms with Crippen molar-refractivity contribution in [2.75, 3.05) is 13.7 Å². The largest absolute Gasteiger partial charge is 0.493 e. The zero-order valence-electron chi connectivity index (χ0n) is 11.0. The van der Waals surface area contributed by atoms with Crippen LogP contribution in [0.4, 0.5) is 0 Å². The summed E-state index contributed by atoms with van der Waals surface area (Å²) in [5.41, 5.74) is 2.29. The molecule has 1 fully saturated rings. The van der Waals surface area contributed by atoms with Crippen LogP contribution in [-0.4, -0.2) is 13.7 Å². The lowest BCUT2D eigenvalue weighted by molar-refractivity contribution is 0.406. The third-order valence-corrected chi connectivity index (χ3v) is 3.54. The summed E-state index contributed by atoms with van der Waals surface area (Å²) in [5.74, 6) is 2.60. The van der Waals surface area contributed by atoms with Crippen LogP contribution in [0.2, 0.25) is 0 Å². The lowest BCUT2D eigenvalue weighted by Gasteiger charge is -2.01. The molecule has 0 aliphatic heterocycles. The van der Waals surface area contributed by atoms with Crippen molar-refractivity contribution in [3.63, 3.8) is 0 Å². The van der Waals surface area contributed by atoms with E-state index in [-0.39, 0.29) is 0 Å². The SMILES string of the molecule is CCNCc1oc2c(OC)cccc2c1C1CC1. The van der Waals surface area contributed by atoms with Crippen LogP contribution >= 0.6 is 0 Å². The fourth-order valence-corrected chi connectivity index (χ4v) is 2.51. The number of hydrogen-bond donors (Lipinski definition) is 1. The highest BCUT2D eigenvalue weighted by atomic mass is 16.5. The highest BCUT2D eigenvalue weighted by Crippen LogP contribution is 2.47. The van der Waals surface area contributed by atoms with Crippen LogP contribution in [0, 0.1) is 0 Å². The topological polar surface area (TPSA) is 34.4 Å². The number of fused-ring (bicyclic) bond motifs is 1. The Kier molecular flexibility index (Phi) is 3.00. The van der Waals surface area contributed by atoms with Crippen molar-refractivity contribution in [3.05, 3.63) is 29.5 Å². The Morgan fingerprint density at radius 1 is 1.39 bits per heavy atom. The highest BCUT2D eigenvalue weighted by molar-refractivity contribution is 5.88. The van der Waals surface area contributed by atoms with Gasteiger partial charge in [0.1, 0.15) is 5.76 Å². The normalized spacial score (nSPS) is 15.2. The van der Waals surface area contributed by atoms with Gasteiger partial charge in [0.15, 0.2) is 11.3 Å². The first-order valence-corrected chi connectivity index (χ1v) is 6.64. The standard InChI is InChI=1S/C15H19NO2/c1-3-16-9-13-14(10-7-8-10)11-5-4-6-12(17-2)15(11)18-13/h4-6,10,16H,3,7-9H2,1-2H3. The van der Waals surface area contributed by atoms with E-state index in [1.54, 1.807) is 7.11 Å². The summed E-state index contributed by atoms with van der Waals surface area (Å²) < 4.78 is 11.4. The first-order valence-electron chi connectivity index (χ1n) is 6.64. The lowest BCUT2D eigenvalue weighted by Crippen LogP contribution is -2.12. The Morgan fingerprint density at radius 3 is 2.89 bits per heavy atom. The molecule has 1 aliphatic carbocycles. The number of para-hydroxylation sites is 1. The number of furan rings is 1. The fourth-order valence-electron chi connectivity index (χ4n) is 2.51. The van der Waals surface area contributed by atoms with Crippen molar-refractivity contribution in [2.24, 2.45) is 0 Å². The van der Waals surface area contributed by atoms with Crippen molar-refractivity contribution in [3.8, 4) is 5.75 Å². The van der Waals surface area contributed by atoms with E-state index in [4.69, 9.17) is 9.15 Å². The average molecular weight is 245 g/mol. The number of nitrogens with one attached hydrogen (secondary N) is 1. The maximum absolute atomic E-state index is 6.04. The van der Waals surface area contributed by atoms with Crippen LogP contribution in [0.1, 0.15) is 37.0 Å². The van der Waals surface area contributed by atoms with Crippen LogP contribution in [0.5, 0.6) is 5.75 Å². The Labute approximate surface area is 107 Å². The molecule has 1 saturated carbocycles. The Hall–Kier alpha value is -1.48. The summed E-state index contributed by atoms with van der Waals surface area (Å²) in [5, 5.41) is 4.58. The zero-order valence-corrected chi connectivity index (χ0v) is 11.0. The Balaban J connectivity index is 2.12. The van der Waals surface area contributed by atoms with Crippen molar-refractivity contribution in [2.45, 2.75) is 32.2 Å². The van der Waals surface area contributed by atoms with E-state index < -0.39 is 0 Å². The molecule has 0 amide bonds. The highest BCUT2D eigenvalue weighted by Gasteiger charge is 2.31. The van der Waals surface area contributed by atoms with Gasteiger partial charge >= 0.3 is 0 Å². The Bertz CT molecular complexity index is 555. The molecule has 1 heterocycles. The lowest BCUT2D eigenvalue weighted by atomic mass is 10.1. The van der Waals surface area contributed by atoms with E-state index in [1.165, 1.54) is 23.8 Å². The summed E-state index contributed by atoms with van der Waals surface area (Å²) in [7, 11) is 1.69.